The fourth-order valence-electron chi connectivity index (χ4n) is 8.33. The molecular weight excluding hydrogens is 709 g/mol. The molecule has 57 heavy (non-hydrogen) atoms. The average Bonchev–Trinajstić information content (AvgIpc) is 3.21. The number of carbonyl (C=O) groups is 3. The normalized spacial score (nSPS) is 12.3. The first kappa shape index (κ1) is 55.7. The molecule has 1 unspecified atom stereocenters. The standard InChI is InChI=1S/C51H98O6/c1-4-7-10-13-16-19-22-25-28-31-34-37-40-43-47(53)51(49(55)46-52,48(54)44-41-38-35-32-29-26-23-20-17-14-11-8-5-2)57-50(56)45-42-39-36-33-30-27-24-21-18-15-12-9-6-3/h49,52,55H,4-46H2,1-3H3. The molecule has 0 aromatic carbocycles. The zero-order valence-corrected chi connectivity index (χ0v) is 38.5. The van der Waals surface area contributed by atoms with Crippen LogP contribution in [0.1, 0.15) is 290 Å². The van der Waals surface area contributed by atoms with Crippen molar-refractivity contribution in [2.45, 2.75) is 302 Å². The molecule has 0 aliphatic carbocycles. The second-order valence-electron chi connectivity index (χ2n) is 17.7. The van der Waals surface area contributed by atoms with Crippen molar-refractivity contribution in [1.82, 2.24) is 0 Å². The first-order valence-corrected chi connectivity index (χ1v) is 25.5. The Morgan fingerprint density at radius 3 is 0.807 bits per heavy atom. The number of aliphatic hydroxyl groups is 2. The first-order valence-electron chi connectivity index (χ1n) is 25.5. The Bertz CT molecular complexity index is 845. The van der Waals surface area contributed by atoms with Crippen LogP contribution in [0.2, 0.25) is 0 Å². The summed E-state index contributed by atoms with van der Waals surface area (Å²) in [4.78, 5) is 41.0. The van der Waals surface area contributed by atoms with E-state index in [0.717, 1.165) is 57.8 Å². The summed E-state index contributed by atoms with van der Waals surface area (Å²) in [6.45, 7) is 5.95. The van der Waals surface area contributed by atoms with Gasteiger partial charge in [-0.1, -0.05) is 252 Å². The van der Waals surface area contributed by atoms with E-state index < -0.39 is 35.8 Å². The van der Waals surface area contributed by atoms with Gasteiger partial charge in [-0.3, -0.25) is 14.4 Å². The Labute approximate surface area is 354 Å². The van der Waals surface area contributed by atoms with E-state index in [2.05, 4.69) is 20.8 Å². The lowest BCUT2D eigenvalue weighted by molar-refractivity contribution is -0.188. The summed E-state index contributed by atoms with van der Waals surface area (Å²) in [5.41, 5.74) is -2.31. The fraction of sp³-hybridized carbons (Fsp3) is 0.941. The van der Waals surface area contributed by atoms with E-state index in [9.17, 15) is 24.6 Å². The molecule has 0 heterocycles. The molecule has 6 nitrogen and oxygen atoms in total. The molecular formula is C51H98O6. The van der Waals surface area contributed by atoms with Crippen LogP contribution in [0, 0.1) is 0 Å². The Hall–Kier alpha value is -1.27. The summed E-state index contributed by atoms with van der Waals surface area (Å²) in [6.07, 6.45) is 44.6. The van der Waals surface area contributed by atoms with E-state index in [1.807, 2.05) is 0 Å². The third-order valence-corrected chi connectivity index (χ3v) is 12.2. The number of carbonyl (C=O) groups excluding carboxylic acids is 3. The van der Waals surface area contributed by atoms with Crippen molar-refractivity contribution in [1.29, 1.82) is 0 Å². The highest BCUT2D eigenvalue weighted by Gasteiger charge is 2.53. The summed E-state index contributed by atoms with van der Waals surface area (Å²) in [5.74, 6) is -1.72. The second kappa shape index (κ2) is 42.8. The number of unbranched alkanes of at least 4 members (excludes halogenated alkanes) is 36. The molecule has 0 aromatic heterocycles. The van der Waals surface area contributed by atoms with Crippen molar-refractivity contribution >= 4 is 17.5 Å². The van der Waals surface area contributed by atoms with Gasteiger partial charge >= 0.3 is 5.97 Å². The van der Waals surface area contributed by atoms with Gasteiger partial charge in [-0.2, -0.15) is 0 Å². The van der Waals surface area contributed by atoms with Crippen LogP contribution in [0.3, 0.4) is 0 Å². The Morgan fingerprint density at radius 1 is 0.368 bits per heavy atom. The Balaban J connectivity index is 4.90. The first-order chi connectivity index (χ1) is 27.9. The van der Waals surface area contributed by atoms with Crippen molar-refractivity contribution in [3.05, 3.63) is 0 Å². The molecule has 338 valence electrons. The van der Waals surface area contributed by atoms with Crippen LogP contribution < -0.4 is 0 Å². The molecule has 0 aliphatic rings. The number of aliphatic hydroxyl groups excluding tert-OH is 2. The number of esters is 1. The van der Waals surface area contributed by atoms with E-state index in [1.54, 1.807) is 0 Å². The molecule has 1 atom stereocenters. The molecule has 0 bridgehead atoms. The summed E-state index contributed by atoms with van der Waals surface area (Å²) < 4.78 is 5.80. The van der Waals surface area contributed by atoms with Crippen LogP contribution in [0.15, 0.2) is 0 Å². The molecule has 0 saturated heterocycles. The van der Waals surface area contributed by atoms with Crippen molar-refractivity contribution in [2.24, 2.45) is 0 Å². The SMILES string of the molecule is CCCCCCCCCCCCCCCC(=O)OC(C(=O)CCCCCCCCCCCCCCC)(C(=O)CCCCCCCCCCCCCCC)C(O)CO. The molecule has 0 aliphatic heterocycles. The van der Waals surface area contributed by atoms with Crippen molar-refractivity contribution in [3.8, 4) is 0 Å². The summed E-state index contributed by atoms with van der Waals surface area (Å²) in [6, 6.07) is 0. The van der Waals surface area contributed by atoms with Crippen molar-refractivity contribution < 1.29 is 29.3 Å². The van der Waals surface area contributed by atoms with Gasteiger partial charge in [0.2, 0.25) is 0 Å². The van der Waals surface area contributed by atoms with Crippen LogP contribution in [-0.4, -0.2) is 46.1 Å². The van der Waals surface area contributed by atoms with Gasteiger partial charge in [-0.05, 0) is 19.3 Å². The molecule has 6 heteroatoms. The predicted octanol–water partition coefficient (Wildman–Crippen LogP) is 15.2. The molecule has 0 spiro atoms. The Kier molecular flexibility index (Phi) is 41.9. The highest BCUT2D eigenvalue weighted by Crippen LogP contribution is 2.28. The molecule has 0 amide bonds. The number of ketones is 2. The van der Waals surface area contributed by atoms with Gasteiger partial charge < -0.3 is 14.9 Å². The van der Waals surface area contributed by atoms with E-state index in [4.69, 9.17) is 4.74 Å². The van der Waals surface area contributed by atoms with E-state index >= 15 is 0 Å². The van der Waals surface area contributed by atoms with Gasteiger partial charge in [0.1, 0.15) is 6.10 Å². The van der Waals surface area contributed by atoms with E-state index in [-0.39, 0.29) is 19.3 Å². The summed E-state index contributed by atoms with van der Waals surface area (Å²) in [7, 11) is 0. The van der Waals surface area contributed by atoms with Crippen LogP contribution in [0.5, 0.6) is 0 Å². The average molecular weight is 807 g/mol. The topological polar surface area (TPSA) is 101 Å². The van der Waals surface area contributed by atoms with Gasteiger partial charge in [-0.25, -0.2) is 0 Å². The third kappa shape index (κ3) is 32.2. The summed E-state index contributed by atoms with van der Waals surface area (Å²) >= 11 is 0. The third-order valence-electron chi connectivity index (χ3n) is 12.2. The van der Waals surface area contributed by atoms with Crippen LogP contribution in [0.25, 0.3) is 0 Å². The lowest BCUT2D eigenvalue weighted by Crippen LogP contribution is -2.60. The maximum absolute atomic E-state index is 13.9. The van der Waals surface area contributed by atoms with Gasteiger partial charge in [0.05, 0.1) is 6.61 Å². The van der Waals surface area contributed by atoms with Gasteiger partial charge in [0.15, 0.2) is 11.6 Å². The van der Waals surface area contributed by atoms with Crippen LogP contribution in [-0.2, 0) is 19.1 Å². The minimum atomic E-state index is -2.31. The lowest BCUT2D eigenvalue weighted by Gasteiger charge is -2.34. The van der Waals surface area contributed by atoms with Crippen molar-refractivity contribution in [3.63, 3.8) is 0 Å². The van der Waals surface area contributed by atoms with Gasteiger partial charge in [-0.15, -0.1) is 0 Å². The number of rotatable bonds is 47. The second-order valence-corrected chi connectivity index (χ2v) is 17.7. The number of hydrogen-bond donors (Lipinski definition) is 2. The van der Waals surface area contributed by atoms with Gasteiger partial charge in [0, 0.05) is 19.3 Å². The molecule has 0 rings (SSSR count). The van der Waals surface area contributed by atoms with Crippen LogP contribution >= 0.6 is 0 Å². The maximum atomic E-state index is 13.9. The molecule has 0 fully saturated rings. The minimum absolute atomic E-state index is 0.0607. The number of Topliss-reactive ketones (excluding diaryl/α,β-unsaturated/α-hetero) is 2. The molecule has 0 radical (unpaired) electrons. The quantitative estimate of drug-likeness (QED) is 0.0361. The largest absolute Gasteiger partial charge is 0.440 e. The maximum Gasteiger partial charge on any atom is 0.307 e. The zero-order valence-electron chi connectivity index (χ0n) is 38.5. The highest BCUT2D eigenvalue weighted by molar-refractivity contribution is 6.12. The van der Waals surface area contributed by atoms with Crippen LogP contribution in [0.4, 0.5) is 0 Å². The Morgan fingerprint density at radius 2 is 0.579 bits per heavy atom. The predicted molar refractivity (Wildman–Crippen MR) is 243 cm³/mol. The molecule has 0 aromatic rings. The van der Waals surface area contributed by atoms with Crippen molar-refractivity contribution in [2.75, 3.05) is 6.61 Å². The van der Waals surface area contributed by atoms with E-state index in [0.29, 0.717) is 19.3 Å². The molecule has 0 saturated carbocycles. The van der Waals surface area contributed by atoms with E-state index in [1.165, 1.54) is 173 Å². The zero-order chi connectivity index (χ0) is 41.9. The van der Waals surface area contributed by atoms with Gasteiger partial charge in [0.25, 0.3) is 5.60 Å². The number of hydrogen-bond acceptors (Lipinski definition) is 6. The monoisotopic (exact) mass is 807 g/mol. The lowest BCUT2D eigenvalue weighted by atomic mass is 9.82. The highest BCUT2D eigenvalue weighted by atomic mass is 16.6. The fourth-order valence-corrected chi connectivity index (χ4v) is 8.33. The minimum Gasteiger partial charge on any atom is -0.440 e. The smallest absolute Gasteiger partial charge is 0.307 e. The summed E-state index contributed by atoms with van der Waals surface area (Å²) in [5, 5.41) is 21.2. The molecule has 2 N–H and O–H groups in total. The number of ether oxygens (including phenoxy) is 1.